The van der Waals surface area contributed by atoms with Crippen molar-refractivity contribution >= 4 is 5.97 Å². The van der Waals surface area contributed by atoms with Gasteiger partial charge in [-0.25, -0.2) is 0 Å². The van der Waals surface area contributed by atoms with Crippen molar-refractivity contribution in [2.75, 3.05) is 6.61 Å². The van der Waals surface area contributed by atoms with Gasteiger partial charge in [-0.2, -0.15) is 0 Å². The Kier molecular flexibility index (Phi) is 21.9. The zero-order valence-electron chi connectivity index (χ0n) is 30.6. The number of ether oxygens (including phenoxy) is 1. The lowest BCUT2D eigenvalue weighted by Gasteiger charge is -2.28. The predicted molar refractivity (Wildman–Crippen MR) is 192 cm³/mol. The molecule has 0 radical (unpaired) electrons. The second kappa shape index (κ2) is 23.8. The van der Waals surface area contributed by atoms with Crippen LogP contribution in [0, 0.1) is 0 Å². The molecular weight excluding hydrogens is 540 g/mol. The largest absolute Gasteiger partial charge is 0.507 e. The number of benzene rings is 1. The highest BCUT2D eigenvalue weighted by Crippen LogP contribution is 2.40. The molecular formula is C41H74O3. The van der Waals surface area contributed by atoms with Gasteiger partial charge >= 0.3 is 5.97 Å². The summed E-state index contributed by atoms with van der Waals surface area (Å²) in [5, 5.41) is 10.9. The van der Waals surface area contributed by atoms with Crippen molar-refractivity contribution in [3.63, 3.8) is 0 Å². The Morgan fingerprint density at radius 3 is 1.20 bits per heavy atom. The average Bonchev–Trinajstić information content (AvgIpc) is 2.95. The first-order valence-electron chi connectivity index (χ1n) is 19.0. The van der Waals surface area contributed by atoms with Gasteiger partial charge in [0.1, 0.15) is 5.75 Å². The lowest BCUT2D eigenvalue weighted by molar-refractivity contribution is -0.143. The monoisotopic (exact) mass is 615 g/mol. The first-order valence-corrected chi connectivity index (χ1v) is 19.0. The van der Waals surface area contributed by atoms with Gasteiger partial charge in [0.05, 0.1) is 6.61 Å². The maximum Gasteiger partial charge on any atom is 0.306 e. The zero-order chi connectivity index (χ0) is 32.7. The molecule has 1 rings (SSSR count). The van der Waals surface area contributed by atoms with E-state index in [4.69, 9.17) is 4.74 Å². The quantitative estimate of drug-likeness (QED) is 0.0834. The van der Waals surface area contributed by atoms with E-state index in [0.717, 1.165) is 29.5 Å². The van der Waals surface area contributed by atoms with Gasteiger partial charge < -0.3 is 9.84 Å². The highest BCUT2D eigenvalue weighted by molar-refractivity contribution is 5.69. The first kappa shape index (κ1) is 40.5. The predicted octanol–water partition coefficient (Wildman–Crippen LogP) is 13.1. The summed E-state index contributed by atoms with van der Waals surface area (Å²) in [6, 6.07) is 4.13. The molecule has 44 heavy (non-hydrogen) atoms. The molecule has 3 nitrogen and oxygen atoms in total. The number of hydrogen-bond donors (Lipinski definition) is 1. The van der Waals surface area contributed by atoms with Crippen LogP contribution in [0.1, 0.15) is 213 Å². The number of phenolic OH excluding ortho intramolecular Hbond substituents is 1. The minimum Gasteiger partial charge on any atom is -0.507 e. The number of aryl methyl sites for hydroxylation is 1. The summed E-state index contributed by atoms with van der Waals surface area (Å²) in [6.45, 7) is 15.5. The molecule has 0 aliphatic heterocycles. The maximum absolute atomic E-state index is 12.4. The van der Waals surface area contributed by atoms with Crippen LogP contribution in [0.15, 0.2) is 12.1 Å². The summed E-state index contributed by atoms with van der Waals surface area (Å²) in [5.41, 5.74) is 2.67. The fourth-order valence-corrected chi connectivity index (χ4v) is 6.20. The Morgan fingerprint density at radius 2 is 0.886 bits per heavy atom. The molecule has 0 saturated heterocycles. The Hall–Kier alpha value is -1.51. The van der Waals surface area contributed by atoms with Crippen LogP contribution < -0.4 is 0 Å². The molecule has 0 aliphatic carbocycles. The van der Waals surface area contributed by atoms with E-state index in [2.05, 4.69) is 60.6 Å². The van der Waals surface area contributed by atoms with Crippen LogP contribution in [-0.4, -0.2) is 17.7 Å². The number of hydrogen-bond acceptors (Lipinski definition) is 3. The third-order valence-corrected chi connectivity index (χ3v) is 9.16. The molecule has 3 heteroatoms. The maximum atomic E-state index is 12.4. The van der Waals surface area contributed by atoms with Gasteiger partial charge in [-0.05, 0) is 40.4 Å². The van der Waals surface area contributed by atoms with Gasteiger partial charge in [-0.3, -0.25) is 4.79 Å². The summed E-state index contributed by atoms with van der Waals surface area (Å²) in [5.74, 6) is 0.275. The van der Waals surface area contributed by atoms with E-state index in [1.165, 1.54) is 128 Å². The SMILES string of the molecule is CCCCCCCCCCCCCCCCCCCCCCCCOC(=O)CCc1cc(C(C)(C)C)c(O)c(C(C)(C)C)c1. The number of phenols is 1. The van der Waals surface area contributed by atoms with Crippen LogP contribution in [0.3, 0.4) is 0 Å². The number of esters is 1. The third-order valence-electron chi connectivity index (χ3n) is 9.16. The molecule has 0 heterocycles. The van der Waals surface area contributed by atoms with Crippen molar-refractivity contribution in [2.45, 2.75) is 213 Å². The van der Waals surface area contributed by atoms with Crippen molar-refractivity contribution in [1.29, 1.82) is 0 Å². The second-order valence-electron chi connectivity index (χ2n) is 15.7. The Bertz CT molecular complexity index is 823. The van der Waals surface area contributed by atoms with Crippen molar-refractivity contribution in [3.05, 3.63) is 28.8 Å². The zero-order valence-corrected chi connectivity index (χ0v) is 30.6. The van der Waals surface area contributed by atoms with Crippen LogP contribution in [0.25, 0.3) is 0 Å². The molecule has 0 fully saturated rings. The molecule has 0 saturated carbocycles. The molecule has 0 aromatic heterocycles. The van der Waals surface area contributed by atoms with Gasteiger partial charge in [0.2, 0.25) is 0 Å². The van der Waals surface area contributed by atoms with Gasteiger partial charge in [0.15, 0.2) is 0 Å². The number of carbonyl (C=O) groups excluding carboxylic acids is 1. The van der Waals surface area contributed by atoms with E-state index in [1.807, 2.05) is 0 Å². The molecule has 0 atom stereocenters. The number of rotatable bonds is 26. The summed E-state index contributed by atoms with van der Waals surface area (Å²) >= 11 is 0. The van der Waals surface area contributed by atoms with Gasteiger partial charge in [-0.15, -0.1) is 0 Å². The Labute approximate surface area is 274 Å². The molecule has 0 spiro atoms. The van der Waals surface area contributed by atoms with Crippen LogP contribution >= 0.6 is 0 Å². The number of aromatic hydroxyl groups is 1. The highest BCUT2D eigenvalue weighted by atomic mass is 16.5. The van der Waals surface area contributed by atoms with Gasteiger partial charge in [0.25, 0.3) is 0 Å². The summed E-state index contributed by atoms with van der Waals surface area (Å²) in [6.07, 6.45) is 31.4. The first-order chi connectivity index (χ1) is 21.0. The third kappa shape index (κ3) is 19.8. The van der Waals surface area contributed by atoms with Gasteiger partial charge in [-0.1, -0.05) is 195 Å². The normalized spacial score (nSPS) is 12.2. The minimum absolute atomic E-state index is 0.115. The van der Waals surface area contributed by atoms with E-state index in [-0.39, 0.29) is 16.8 Å². The van der Waals surface area contributed by atoms with Gasteiger partial charge in [0, 0.05) is 6.42 Å². The summed E-state index contributed by atoms with van der Waals surface area (Å²) in [7, 11) is 0. The number of carbonyl (C=O) groups is 1. The van der Waals surface area contributed by atoms with Crippen LogP contribution in [-0.2, 0) is 26.8 Å². The fraction of sp³-hybridized carbons (Fsp3) is 0.829. The van der Waals surface area contributed by atoms with E-state index in [9.17, 15) is 9.90 Å². The van der Waals surface area contributed by atoms with E-state index in [1.54, 1.807) is 0 Å². The number of unbranched alkanes of at least 4 members (excludes halogenated alkanes) is 21. The topological polar surface area (TPSA) is 46.5 Å². The molecule has 1 aromatic carbocycles. The minimum atomic E-state index is -0.160. The van der Waals surface area contributed by atoms with E-state index >= 15 is 0 Å². The highest BCUT2D eigenvalue weighted by Gasteiger charge is 2.26. The Morgan fingerprint density at radius 1 is 0.568 bits per heavy atom. The van der Waals surface area contributed by atoms with Crippen LogP contribution in [0.2, 0.25) is 0 Å². The Balaban J connectivity index is 1.98. The molecule has 0 aliphatic rings. The van der Waals surface area contributed by atoms with Crippen molar-refractivity contribution in [3.8, 4) is 5.75 Å². The molecule has 1 N–H and O–H groups in total. The van der Waals surface area contributed by atoms with Crippen molar-refractivity contribution < 1.29 is 14.6 Å². The average molecular weight is 615 g/mol. The summed E-state index contributed by atoms with van der Waals surface area (Å²) < 4.78 is 5.54. The van der Waals surface area contributed by atoms with E-state index in [0.29, 0.717) is 25.2 Å². The lowest BCUT2D eigenvalue weighted by Crippen LogP contribution is -2.18. The molecule has 0 bridgehead atoms. The smallest absolute Gasteiger partial charge is 0.306 e. The molecule has 1 aromatic rings. The fourth-order valence-electron chi connectivity index (χ4n) is 6.20. The van der Waals surface area contributed by atoms with Crippen LogP contribution in [0.5, 0.6) is 5.75 Å². The van der Waals surface area contributed by atoms with E-state index < -0.39 is 0 Å². The van der Waals surface area contributed by atoms with Crippen molar-refractivity contribution in [2.24, 2.45) is 0 Å². The lowest BCUT2D eigenvalue weighted by atomic mass is 9.78. The van der Waals surface area contributed by atoms with Crippen molar-refractivity contribution in [1.82, 2.24) is 0 Å². The summed E-state index contributed by atoms with van der Waals surface area (Å²) in [4.78, 5) is 12.4. The molecule has 0 unspecified atom stereocenters. The van der Waals surface area contributed by atoms with Crippen LogP contribution in [0.4, 0.5) is 0 Å². The standard InChI is InChI=1S/C41H74O3/c1-8-9-10-11-12-13-14-15-16-17-18-19-20-21-22-23-24-25-26-27-28-29-32-44-38(42)31-30-35-33-36(40(2,3)4)39(43)37(34-35)41(5,6)7/h33-34,43H,8-32H2,1-7H3. The second-order valence-corrected chi connectivity index (χ2v) is 15.7. The molecule has 0 amide bonds. The molecule has 256 valence electrons.